The second-order valence-electron chi connectivity index (χ2n) is 3.60. The summed E-state index contributed by atoms with van der Waals surface area (Å²) in [6, 6.07) is 6.07. The van der Waals surface area contributed by atoms with Crippen LogP contribution >= 0.6 is 15.9 Å². The maximum absolute atomic E-state index is 10.9. The first-order valence-electron chi connectivity index (χ1n) is 4.81. The van der Waals surface area contributed by atoms with Gasteiger partial charge in [-0.1, -0.05) is 22.0 Å². The molecule has 1 aliphatic rings. The number of ether oxygens (including phenoxy) is 1. The van der Waals surface area contributed by atoms with Gasteiger partial charge in [0, 0.05) is 11.0 Å². The maximum atomic E-state index is 10.9. The number of aryl methyl sites for hydroxylation is 1. The highest BCUT2D eigenvalue weighted by Gasteiger charge is 2.21. The standard InChI is InChI=1S/C11H12BrNO2/c1-7-4-8(12)2-3-9(7)10-5-13-11(14)6-15-10/h2-4,10H,5-6H2,1H3,(H,13,14)/t10-/m1/s1. The van der Waals surface area contributed by atoms with Crippen molar-refractivity contribution in [3.05, 3.63) is 33.8 Å². The Balaban J connectivity index is 2.19. The van der Waals surface area contributed by atoms with Crippen molar-refractivity contribution in [1.82, 2.24) is 5.32 Å². The van der Waals surface area contributed by atoms with E-state index in [-0.39, 0.29) is 18.6 Å². The first-order valence-corrected chi connectivity index (χ1v) is 5.60. The van der Waals surface area contributed by atoms with E-state index in [0.717, 1.165) is 10.0 Å². The Morgan fingerprint density at radius 3 is 2.93 bits per heavy atom. The third kappa shape index (κ3) is 2.38. The topological polar surface area (TPSA) is 38.3 Å². The third-order valence-electron chi connectivity index (χ3n) is 2.48. The Morgan fingerprint density at radius 1 is 1.53 bits per heavy atom. The van der Waals surface area contributed by atoms with Gasteiger partial charge in [-0.05, 0) is 30.2 Å². The molecular weight excluding hydrogens is 258 g/mol. The average molecular weight is 270 g/mol. The second-order valence-corrected chi connectivity index (χ2v) is 4.52. The molecule has 0 radical (unpaired) electrons. The van der Waals surface area contributed by atoms with Crippen LogP contribution in [0.4, 0.5) is 0 Å². The Bertz CT molecular complexity index is 382. The minimum Gasteiger partial charge on any atom is -0.362 e. The van der Waals surface area contributed by atoms with E-state index >= 15 is 0 Å². The lowest BCUT2D eigenvalue weighted by atomic mass is 10.0. The third-order valence-corrected chi connectivity index (χ3v) is 2.97. The van der Waals surface area contributed by atoms with Crippen molar-refractivity contribution in [2.75, 3.05) is 13.2 Å². The Morgan fingerprint density at radius 2 is 2.33 bits per heavy atom. The molecule has 1 aliphatic heterocycles. The molecule has 0 bridgehead atoms. The summed E-state index contributed by atoms with van der Waals surface area (Å²) in [5.41, 5.74) is 2.31. The van der Waals surface area contributed by atoms with Crippen LogP contribution in [0.3, 0.4) is 0 Å². The summed E-state index contributed by atoms with van der Waals surface area (Å²) in [5, 5.41) is 2.80. The highest BCUT2D eigenvalue weighted by molar-refractivity contribution is 9.10. The minimum absolute atomic E-state index is 0.0178. The molecule has 1 aromatic rings. The van der Waals surface area contributed by atoms with Crippen LogP contribution in [0.25, 0.3) is 0 Å². The van der Waals surface area contributed by atoms with Crippen LogP contribution in [0.2, 0.25) is 0 Å². The number of hydrogen-bond acceptors (Lipinski definition) is 2. The first kappa shape index (κ1) is 10.6. The van der Waals surface area contributed by atoms with Crippen LogP contribution in [0.1, 0.15) is 17.2 Å². The lowest BCUT2D eigenvalue weighted by Gasteiger charge is -2.24. The van der Waals surface area contributed by atoms with Gasteiger partial charge in [-0.3, -0.25) is 4.79 Å². The number of halogens is 1. The molecule has 0 spiro atoms. The van der Waals surface area contributed by atoms with E-state index in [1.807, 2.05) is 19.1 Å². The molecular formula is C11H12BrNO2. The molecule has 0 unspecified atom stereocenters. The van der Waals surface area contributed by atoms with Crippen LogP contribution < -0.4 is 5.32 Å². The summed E-state index contributed by atoms with van der Waals surface area (Å²) in [7, 11) is 0. The van der Waals surface area contributed by atoms with E-state index in [9.17, 15) is 4.79 Å². The molecule has 1 N–H and O–H groups in total. The van der Waals surface area contributed by atoms with E-state index in [4.69, 9.17) is 4.74 Å². The summed E-state index contributed by atoms with van der Waals surface area (Å²) in [5.74, 6) is -0.0407. The van der Waals surface area contributed by atoms with Crippen LogP contribution in [-0.4, -0.2) is 19.1 Å². The van der Waals surface area contributed by atoms with E-state index in [1.54, 1.807) is 0 Å². The van der Waals surface area contributed by atoms with E-state index in [2.05, 4.69) is 27.3 Å². The monoisotopic (exact) mass is 269 g/mol. The quantitative estimate of drug-likeness (QED) is 0.847. The fraction of sp³-hybridized carbons (Fsp3) is 0.364. The molecule has 15 heavy (non-hydrogen) atoms. The molecule has 1 amide bonds. The molecule has 1 atom stereocenters. The maximum Gasteiger partial charge on any atom is 0.246 e. The van der Waals surface area contributed by atoms with Gasteiger partial charge in [0.25, 0.3) is 0 Å². The van der Waals surface area contributed by atoms with E-state index in [1.165, 1.54) is 5.56 Å². The van der Waals surface area contributed by atoms with Crippen molar-refractivity contribution in [1.29, 1.82) is 0 Å². The number of hydrogen-bond donors (Lipinski definition) is 1. The average Bonchev–Trinajstić information content (AvgIpc) is 2.20. The van der Waals surface area contributed by atoms with Crippen LogP contribution in [0, 0.1) is 6.92 Å². The predicted molar refractivity (Wildman–Crippen MR) is 60.6 cm³/mol. The smallest absolute Gasteiger partial charge is 0.246 e. The number of morpholine rings is 1. The fourth-order valence-electron chi connectivity index (χ4n) is 1.69. The zero-order chi connectivity index (χ0) is 10.8. The van der Waals surface area contributed by atoms with Crippen molar-refractivity contribution in [3.8, 4) is 0 Å². The first-order chi connectivity index (χ1) is 7.16. The van der Waals surface area contributed by atoms with Crippen LogP contribution in [0.15, 0.2) is 22.7 Å². The van der Waals surface area contributed by atoms with Crippen molar-refractivity contribution >= 4 is 21.8 Å². The van der Waals surface area contributed by atoms with Gasteiger partial charge in [0.2, 0.25) is 5.91 Å². The normalized spacial score (nSPS) is 21.2. The molecule has 1 fully saturated rings. The highest BCUT2D eigenvalue weighted by Crippen LogP contribution is 2.24. The Labute approximate surface area is 96.9 Å². The molecule has 0 saturated carbocycles. The zero-order valence-electron chi connectivity index (χ0n) is 8.42. The number of amides is 1. The van der Waals surface area contributed by atoms with E-state index < -0.39 is 0 Å². The van der Waals surface area contributed by atoms with Gasteiger partial charge >= 0.3 is 0 Å². The Hall–Kier alpha value is -0.870. The molecule has 0 aliphatic carbocycles. The van der Waals surface area contributed by atoms with Crippen molar-refractivity contribution in [2.24, 2.45) is 0 Å². The van der Waals surface area contributed by atoms with Gasteiger partial charge in [-0.15, -0.1) is 0 Å². The van der Waals surface area contributed by atoms with Gasteiger partial charge in [0.05, 0.1) is 0 Å². The molecule has 4 heteroatoms. The van der Waals surface area contributed by atoms with E-state index in [0.29, 0.717) is 6.54 Å². The number of nitrogens with one attached hydrogen (secondary N) is 1. The molecule has 0 aromatic heterocycles. The summed E-state index contributed by atoms with van der Waals surface area (Å²) < 4.78 is 6.53. The van der Waals surface area contributed by atoms with Crippen molar-refractivity contribution in [2.45, 2.75) is 13.0 Å². The lowest BCUT2D eigenvalue weighted by Crippen LogP contribution is -2.38. The largest absolute Gasteiger partial charge is 0.362 e. The summed E-state index contributed by atoms with van der Waals surface area (Å²) in [6.45, 7) is 2.75. The van der Waals surface area contributed by atoms with Gasteiger partial charge in [-0.2, -0.15) is 0 Å². The second kappa shape index (κ2) is 4.33. The summed E-state index contributed by atoms with van der Waals surface area (Å²) >= 11 is 3.42. The fourth-order valence-corrected chi connectivity index (χ4v) is 2.17. The number of carbonyl (C=O) groups is 1. The highest BCUT2D eigenvalue weighted by atomic mass is 79.9. The molecule has 1 saturated heterocycles. The molecule has 1 aromatic carbocycles. The van der Waals surface area contributed by atoms with Gasteiger partial charge < -0.3 is 10.1 Å². The molecule has 3 nitrogen and oxygen atoms in total. The predicted octanol–water partition coefficient (Wildman–Crippen LogP) is 1.95. The summed E-state index contributed by atoms with van der Waals surface area (Å²) in [4.78, 5) is 10.9. The lowest BCUT2D eigenvalue weighted by molar-refractivity contribution is -0.133. The number of rotatable bonds is 1. The van der Waals surface area contributed by atoms with Crippen molar-refractivity contribution < 1.29 is 9.53 Å². The molecule has 2 rings (SSSR count). The summed E-state index contributed by atoms with van der Waals surface area (Å²) in [6.07, 6.45) is -0.0178. The molecule has 1 heterocycles. The number of carbonyl (C=O) groups excluding carboxylic acids is 1. The Kier molecular flexibility index (Phi) is 3.07. The van der Waals surface area contributed by atoms with Crippen LogP contribution in [0.5, 0.6) is 0 Å². The van der Waals surface area contributed by atoms with Crippen LogP contribution in [-0.2, 0) is 9.53 Å². The van der Waals surface area contributed by atoms with Gasteiger partial charge in [0.15, 0.2) is 0 Å². The zero-order valence-corrected chi connectivity index (χ0v) is 10.0. The SMILES string of the molecule is Cc1cc(Br)ccc1[C@H]1CNC(=O)CO1. The minimum atomic E-state index is -0.0407. The number of benzene rings is 1. The van der Waals surface area contributed by atoms with Crippen molar-refractivity contribution in [3.63, 3.8) is 0 Å². The van der Waals surface area contributed by atoms with Gasteiger partial charge in [0.1, 0.15) is 12.7 Å². The molecule has 80 valence electrons. The van der Waals surface area contributed by atoms with Gasteiger partial charge in [-0.25, -0.2) is 0 Å².